The van der Waals surface area contributed by atoms with E-state index in [1.807, 2.05) is 4.90 Å². The predicted molar refractivity (Wildman–Crippen MR) is 118 cm³/mol. The number of fused-ring (bicyclic) bond motifs is 1. The Hall–Kier alpha value is -2.20. The van der Waals surface area contributed by atoms with Crippen LogP contribution in [0.1, 0.15) is 30.9 Å². The molecule has 0 spiro atoms. The molecule has 4 rings (SSSR count). The molecule has 0 radical (unpaired) electrons. The summed E-state index contributed by atoms with van der Waals surface area (Å²) in [5.41, 5.74) is 3.80. The van der Waals surface area contributed by atoms with E-state index in [4.69, 9.17) is 0 Å². The molecule has 0 saturated carbocycles. The Morgan fingerprint density at radius 1 is 1.07 bits per heavy atom. The van der Waals surface area contributed by atoms with Crippen LogP contribution in [0.3, 0.4) is 0 Å². The average molecular weight is 393 g/mol. The van der Waals surface area contributed by atoms with E-state index >= 15 is 0 Å². The Morgan fingerprint density at radius 3 is 2.54 bits per heavy atom. The van der Waals surface area contributed by atoms with Crippen LogP contribution in [0.2, 0.25) is 0 Å². The Balaban J connectivity index is 1.49. The first kappa shape index (κ1) is 19.1. The van der Waals surface area contributed by atoms with Crippen molar-refractivity contribution in [3.05, 3.63) is 65.9 Å². The summed E-state index contributed by atoms with van der Waals surface area (Å²) in [6.07, 6.45) is 4.47. The number of hydrogen-bond acceptors (Lipinski definition) is 2. The first-order valence-electron chi connectivity index (χ1n) is 10.1. The summed E-state index contributed by atoms with van der Waals surface area (Å²) in [4.78, 5) is 15.9. The molecule has 0 N–H and O–H groups in total. The minimum Gasteiger partial charge on any atom is -0.342 e. The van der Waals surface area contributed by atoms with Gasteiger partial charge >= 0.3 is 0 Å². The summed E-state index contributed by atoms with van der Waals surface area (Å²) in [6.45, 7) is 7.06. The summed E-state index contributed by atoms with van der Waals surface area (Å²) < 4.78 is 2.30. The monoisotopic (exact) mass is 392 g/mol. The van der Waals surface area contributed by atoms with Crippen LogP contribution in [0.15, 0.2) is 59.6 Å². The third-order valence-electron chi connectivity index (χ3n) is 5.71. The van der Waals surface area contributed by atoms with Gasteiger partial charge in [-0.25, -0.2) is 0 Å². The number of benzene rings is 2. The van der Waals surface area contributed by atoms with Crippen molar-refractivity contribution >= 4 is 28.6 Å². The van der Waals surface area contributed by atoms with Gasteiger partial charge in [-0.3, -0.25) is 4.79 Å². The van der Waals surface area contributed by atoms with Gasteiger partial charge in [0.1, 0.15) is 0 Å². The number of aryl methyl sites for hydroxylation is 1. The molecule has 2 heterocycles. The normalized spacial score (nSPS) is 15.3. The van der Waals surface area contributed by atoms with Crippen molar-refractivity contribution in [1.29, 1.82) is 0 Å². The van der Waals surface area contributed by atoms with Gasteiger partial charge in [0.2, 0.25) is 5.91 Å². The molecule has 3 aromatic rings. The zero-order valence-corrected chi connectivity index (χ0v) is 17.5. The fourth-order valence-corrected chi connectivity index (χ4v) is 4.83. The van der Waals surface area contributed by atoms with Gasteiger partial charge in [-0.15, -0.1) is 11.8 Å². The molecule has 0 aliphatic carbocycles. The first-order chi connectivity index (χ1) is 13.6. The molecule has 2 aromatic carbocycles. The van der Waals surface area contributed by atoms with Crippen molar-refractivity contribution in [2.24, 2.45) is 5.92 Å². The van der Waals surface area contributed by atoms with Gasteiger partial charge in [0, 0.05) is 41.6 Å². The summed E-state index contributed by atoms with van der Waals surface area (Å²) in [5, 5.41) is 1.24. The Kier molecular flexibility index (Phi) is 5.77. The number of rotatable bonds is 5. The van der Waals surface area contributed by atoms with Crippen LogP contribution in [-0.4, -0.2) is 34.2 Å². The van der Waals surface area contributed by atoms with Crippen molar-refractivity contribution in [3.8, 4) is 0 Å². The fraction of sp³-hybridized carbons (Fsp3) is 0.375. The largest absolute Gasteiger partial charge is 0.342 e. The average Bonchev–Trinajstić information content (AvgIpc) is 3.06. The van der Waals surface area contributed by atoms with E-state index in [9.17, 15) is 4.79 Å². The number of likely N-dealkylation sites (tertiary alicyclic amines) is 1. The highest BCUT2D eigenvalue weighted by molar-refractivity contribution is 8.00. The van der Waals surface area contributed by atoms with Crippen molar-refractivity contribution in [2.45, 2.75) is 38.1 Å². The number of nitrogens with zero attached hydrogens (tertiary/aromatic N) is 2. The zero-order chi connectivity index (χ0) is 19.5. The van der Waals surface area contributed by atoms with Gasteiger partial charge in [-0.1, -0.05) is 55.0 Å². The second kappa shape index (κ2) is 8.44. The van der Waals surface area contributed by atoms with E-state index in [1.54, 1.807) is 11.8 Å². The van der Waals surface area contributed by atoms with Gasteiger partial charge in [0.15, 0.2) is 0 Å². The Bertz CT molecular complexity index is 952. The number of amides is 1. The maximum Gasteiger partial charge on any atom is 0.232 e. The topological polar surface area (TPSA) is 25.2 Å². The smallest absolute Gasteiger partial charge is 0.232 e. The number of thioether (sulfide) groups is 1. The summed E-state index contributed by atoms with van der Waals surface area (Å²) >= 11 is 1.67. The maximum atomic E-state index is 12.6. The molecule has 1 aliphatic rings. The van der Waals surface area contributed by atoms with E-state index in [-0.39, 0.29) is 5.91 Å². The van der Waals surface area contributed by atoms with Crippen LogP contribution in [0.4, 0.5) is 0 Å². The second-order valence-corrected chi connectivity index (χ2v) is 8.99. The minimum absolute atomic E-state index is 0.271. The molecule has 1 aliphatic heterocycles. The number of carbonyl (C=O) groups excluding carboxylic acids is 1. The summed E-state index contributed by atoms with van der Waals surface area (Å²) in [5.74, 6) is 1.54. The van der Waals surface area contributed by atoms with Gasteiger partial charge in [0.25, 0.3) is 0 Å². The van der Waals surface area contributed by atoms with E-state index in [0.29, 0.717) is 5.75 Å². The highest BCUT2D eigenvalue weighted by atomic mass is 32.2. The number of hydrogen-bond donors (Lipinski definition) is 0. The van der Waals surface area contributed by atoms with Crippen molar-refractivity contribution in [2.75, 3.05) is 18.8 Å². The lowest BCUT2D eigenvalue weighted by atomic mass is 9.99. The molecule has 1 fully saturated rings. The van der Waals surface area contributed by atoms with Gasteiger partial charge in [-0.05, 0) is 37.3 Å². The second-order valence-electron chi connectivity index (χ2n) is 7.98. The van der Waals surface area contributed by atoms with Gasteiger partial charge in [0.05, 0.1) is 5.75 Å². The predicted octanol–water partition coefficient (Wildman–Crippen LogP) is 5.35. The van der Waals surface area contributed by atoms with Crippen LogP contribution in [-0.2, 0) is 11.3 Å². The number of aromatic nitrogens is 1. The quantitative estimate of drug-likeness (QED) is 0.547. The molecule has 0 atom stereocenters. The van der Waals surface area contributed by atoms with Crippen molar-refractivity contribution in [3.63, 3.8) is 0 Å². The number of carbonyl (C=O) groups is 1. The molecule has 3 nitrogen and oxygen atoms in total. The minimum atomic E-state index is 0.271. The standard InChI is InChI=1S/C24H28N2OS/c1-18-7-9-20(10-8-18)15-26-16-23(21-5-3-4-6-22(21)26)28-17-24(27)25-13-11-19(2)12-14-25/h3-10,16,19H,11-15,17H2,1-2H3. The van der Waals surface area contributed by atoms with Gasteiger partial charge in [-0.2, -0.15) is 0 Å². The van der Waals surface area contributed by atoms with Crippen LogP contribution in [0.5, 0.6) is 0 Å². The van der Waals surface area contributed by atoms with Crippen LogP contribution in [0, 0.1) is 12.8 Å². The molecule has 4 heteroatoms. The van der Waals surface area contributed by atoms with E-state index < -0.39 is 0 Å². The third-order valence-corrected chi connectivity index (χ3v) is 6.74. The lowest BCUT2D eigenvalue weighted by molar-refractivity contribution is -0.129. The number of para-hydroxylation sites is 1. The lowest BCUT2D eigenvalue weighted by Crippen LogP contribution is -2.38. The molecule has 1 amide bonds. The lowest BCUT2D eigenvalue weighted by Gasteiger charge is -2.30. The summed E-state index contributed by atoms with van der Waals surface area (Å²) in [7, 11) is 0. The Morgan fingerprint density at radius 2 is 1.79 bits per heavy atom. The SMILES string of the molecule is Cc1ccc(Cn2cc(SCC(=O)N3CCC(C)CC3)c3ccccc32)cc1. The third kappa shape index (κ3) is 4.27. The fourth-order valence-electron chi connectivity index (χ4n) is 3.84. The maximum absolute atomic E-state index is 12.6. The molecular weight excluding hydrogens is 364 g/mol. The Labute approximate surface area is 171 Å². The van der Waals surface area contributed by atoms with Crippen molar-refractivity contribution in [1.82, 2.24) is 9.47 Å². The molecule has 1 saturated heterocycles. The van der Waals surface area contributed by atoms with E-state index in [1.165, 1.54) is 26.9 Å². The highest BCUT2D eigenvalue weighted by Crippen LogP contribution is 2.31. The van der Waals surface area contributed by atoms with Gasteiger partial charge < -0.3 is 9.47 Å². The zero-order valence-electron chi connectivity index (χ0n) is 16.7. The van der Waals surface area contributed by atoms with E-state index in [2.05, 4.69) is 73.1 Å². The molecule has 28 heavy (non-hydrogen) atoms. The summed E-state index contributed by atoms with van der Waals surface area (Å²) in [6, 6.07) is 17.2. The van der Waals surface area contributed by atoms with Crippen LogP contribution < -0.4 is 0 Å². The molecular formula is C24H28N2OS. The molecule has 0 unspecified atom stereocenters. The number of piperidine rings is 1. The van der Waals surface area contributed by atoms with Crippen LogP contribution >= 0.6 is 11.8 Å². The molecule has 0 bridgehead atoms. The molecule has 146 valence electrons. The van der Waals surface area contributed by atoms with Crippen LogP contribution in [0.25, 0.3) is 10.9 Å². The highest BCUT2D eigenvalue weighted by Gasteiger charge is 2.20. The molecule has 1 aromatic heterocycles. The van der Waals surface area contributed by atoms with Crippen molar-refractivity contribution < 1.29 is 4.79 Å². The van der Waals surface area contributed by atoms with E-state index in [0.717, 1.165) is 38.4 Å². The first-order valence-corrected chi connectivity index (χ1v) is 11.1.